The van der Waals surface area contributed by atoms with Gasteiger partial charge in [0.1, 0.15) is 5.41 Å². The van der Waals surface area contributed by atoms with Crippen LogP contribution >= 0.6 is 0 Å². The van der Waals surface area contributed by atoms with Crippen LogP contribution in [0.5, 0.6) is 0 Å². The molecule has 0 aromatic heterocycles. The Hall–Kier alpha value is -1.26. The number of nitrogens with zero attached hydrogens (tertiary/aromatic N) is 1. The Morgan fingerprint density at radius 2 is 1.86 bits per heavy atom. The molecule has 2 aliphatic carbocycles. The number of amidine groups is 1. The van der Waals surface area contributed by atoms with Gasteiger partial charge in [-0.1, -0.05) is 38.3 Å². The predicted octanol–water partition coefficient (Wildman–Crippen LogP) is 2.48. The molecule has 21 heavy (non-hydrogen) atoms. The van der Waals surface area contributed by atoms with Crippen molar-refractivity contribution in [2.75, 3.05) is 6.54 Å². The number of nitrogens with one attached hydrogen (secondary N) is 1. The number of amides is 1. The van der Waals surface area contributed by atoms with Gasteiger partial charge in [0, 0.05) is 6.54 Å². The Balaban J connectivity index is 1.84. The summed E-state index contributed by atoms with van der Waals surface area (Å²) in [6.45, 7) is 5.07. The van der Waals surface area contributed by atoms with E-state index in [-0.39, 0.29) is 11.7 Å². The Kier molecular flexibility index (Phi) is 5.12. The molecule has 0 unspecified atom stereocenters. The molecule has 0 radical (unpaired) electrons. The van der Waals surface area contributed by atoms with Gasteiger partial charge in [-0.25, -0.2) is 0 Å². The van der Waals surface area contributed by atoms with Gasteiger partial charge in [-0.3, -0.25) is 4.79 Å². The largest absolute Gasteiger partial charge is 0.409 e. The van der Waals surface area contributed by atoms with Crippen LogP contribution in [0.3, 0.4) is 0 Å². The Morgan fingerprint density at radius 1 is 1.29 bits per heavy atom. The highest BCUT2D eigenvalue weighted by molar-refractivity contribution is 6.07. The minimum absolute atomic E-state index is 0.0616. The van der Waals surface area contributed by atoms with Gasteiger partial charge in [-0.15, -0.1) is 0 Å². The first kappa shape index (κ1) is 16.1. The van der Waals surface area contributed by atoms with E-state index in [1.807, 2.05) is 0 Å². The Labute approximate surface area is 127 Å². The quantitative estimate of drug-likeness (QED) is 0.315. The molecule has 0 heterocycles. The SMILES string of the molecule is CCC1CCC(CNC(=O)C2(C(N)=NO)CC(C)C2)CC1. The monoisotopic (exact) mass is 295 g/mol. The van der Waals surface area contributed by atoms with Crippen LogP contribution in [0.25, 0.3) is 0 Å². The Morgan fingerprint density at radius 3 is 2.33 bits per heavy atom. The summed E-state index contributed by atoms with van der Waals surface area (Å²) < 4.78 is 0. The van der Waals surface area contributed by atoms with Crippen LogP contribution in [0.15, 0.2) is 5.16 Å². The fraction of sp³-hybridized carbons (Fsp3) is 0.875. The van der Waals surface area contributed by atoms with Gasteiger partial charge in [-0.2, -0.15) is 0 Å². The fourth-order valence-electron chi connectivity index (χ4n) is 3.99. The zero-order valence-electron chi connectivity index (χ0n) is 13.3. The lowest BCUT2D eigenvalue weighted by molar-refractivity contribution is -0.133. The van der Waals surface area contributed by atoms with Crippen molar-refractivity contribution in [3.63, 3.8) is 0 Å². The molecule has 0 aromatic rings. The lowest BCUT2D eigenvalue weighted by atomic mass is 9.61. The maximum atomic E-state index is 12.5. The lowest BCUT2D eigenvalue weighted by Gasteiger charge is -2.44. The topological polar surface area (TPSA) is 87.7 Å². The summed E-state index contributed by atoms with van der Waals surface area (Å²) in [7, 11) is 0. The molecule has 2 fully saturated rings. The van der Waals surface area contributed by atoms with Gasteiger partial charge in [-0.05, 0) is 43.4 Å². The van der Waals surface area contributed by atoms with Crippen LogP contribution in [0.2, 0.25) is 0 Å². The van der Waals surface area contributed by atoms with Crippen LogP contribution in [0.1, 0.15) is 58.8 Å². The second kappa shape index (κ2) is 6.67. The standard InChI is InChI=1S/C16H29N3O2/c1-3-12-4-6-13(7-5-12)10-18-15(20)16(14(17)19-21)8-11(2)9-16/h11-13,21H,3-10H2,1-2H3,(H2,17,19)(H,18,20). The van der Waals surface area contributed by atoms with Gasteiger partial charge in [0.25, 0.3) is 0 Å². The third-order valence-corrected chi connectivity index (χ3v) is 5.52. The fourth-order valence-corrected chi connectivity index (χ4v) is 3.99. The summed E-state index contributed by atoms with van der Waals surface area (Å²) in [4.78, 5) is 12.5. The maximum Gasteiger partial charge on any atom is 0.233 e. The minimum atomic E-state index is -0.769. The molecule has 120 valence electrons. The van der Waals surface area contributed by atoms with Crippen molar-refractivity contribution in [1.82, 2.24) is 5.32 Å². The molecule has 5 heteroatoms. The first-order chi connectivity index (χ1) is 10.0. The number of oxime groups is 1. The van der Waals surface area contributed by atoms with E-state index in [0.29, 0.717) is 24.7 Å². The van der Waals surface area contributed by atoms with E-state index < -0.39 is 5.41 Å². The third kappa shape index (κ3) is 3.33. The molecule has 1 amide bonds. The summed E-state index contributed by atoms with van der Waals surface area (Å²) in [5.74, 6) is 1.91. The number of nitrogens with two attached hydrogens (primary N) is 1. The summed E-state index contributed by atoms with van der Waals surface area (Å²) in [5.41, 5.74) is 4.99. The first-order valence-electron chi connectivity index (χ1n) is 8.28. The molecular formula is C16H29N3O2. The van der Waals surface area contributed by atoms with Gasteiger partial charge < -0.3 is 16.3 Å². The zero-order valence-corrected chi connectivity index (χ0v) is 13.3. The van der Waals surface area contributed by atoms with E-state index in [9.17, 15) is 4.79 Å². The molecule has 5 nitrogen and oxygen atoms in total. The molecule has 0 atom stereocenters. The molecule has 0 bridgehead atoms. The third-order valence-electron chi connectivity index (χ3n) is 5.52. The molecular weight excluding hydrogens is 266 g/mol. The van der Waals surface area contributed by atoms with Gasteiger partial charge in [0.15, 0.2) is 5.84 Å². The van der Waals surface area contributed by atoms with Crippen molar-refractivity contribution in [1.29, 1.82) is 0 Å². The zero-order chi connectivity index (χ0) is 15.5. The van der Waals surface area contributed by atoms with E-state index >= 15 is 0 Å². The lowest BCUT2D eigenvalue weighted by Crippen LogP contribution is -2.57. The van der Waals surface area contributed by atoms with Crippen molar-refractivity contribution in [3.05, 3.63) is 0 Å². The molecule has 2 saturated carbocycles. The van der Waals surface area contributed by atoms with Gasteiger partial charge >= 0.3 is 0 Å². The number of carbonyl (C=O) groups excluding carboxylic acids is 1. The van der Waals surface area contributed by atoms with Gasteiger partial charge in [0.05, 0.1) is 0 Å². The number of hydrogen-bond acceptors (Lipinski definition) is 3. The van der Waals surface area contributed by atoms with Crippen molar-refractivity contribution in [2.24, 2.45) is 34.1 Å². The van der Waals surface area contributed by atoms with E-state index in [4.69, 9.17) is 10.9 Å². The number of rotatable bonds is 5. The second-order valence-electron chi connectivity index (χ2n) is 7.09. The van der Waals surface area contributed by atoms with Crippen LogP contribution < -0.4 is 11.1 Å². The summed E-state index contributed by atoms with van der Waals surface area (Å²) in [6.07, 6.45) is 7.58. The highest BCUT2D eigenvalue weighted by Crippen LogP contribution is 2.46. The average Bonchev–Trinajstić information content (AvgIpc) is 2.48. The van der Waals surface area contributed by atoms with Crippen LogP contribution in [-0.2, 0) is 4.79 Å². The normalized spacial score (nSPS) is 36.9. The predicted molar refractivity (Wildman–Crippen MR) is 83.0 cm³/mol. The number of carbonyl (C=O) groups is 1. The molecule has 2 rings (SSSR count). The first-order valence-corrected chi connectivity index (χ1v) is 8.28. The van der Waals surface area contributed by atoms with Crippen LogP contribution in [0.4, 0.5) is 0 Å². The molecule has 0 aromatic carbocycles. The van der Waals surface area contributed by atoms with Crippen LogP contribution in [0, 0.1) is 23.2 Å². The maximum absolute atomic E-state index is 12.5. The molecule has 4 N–H and O–H groups in total. The highest BCUT2D eigenvalue weighted by Gasteiger charge is 2.52. The van der Waals surface area contributed by atoms with Crippen molar-refractivity contribution in [2.45, 2.75) is 58.8 Å². The smallest absolute Gasteiger partial charge is 0.233 e. The van der Waals surface area contributed by atoms with Crippen molar-refractivity contribution in [3.8, 4) is 0 Å². The Bertz CT molecular complexity index is 394. The summed E-state index contributed by atoms with van der Waals surface area (Å²) >= 11 is 0. The van der Waals surface area contributed by atoms with Crippen molar-refractivity contribution < 1.29 is 10.0 Å². The van der Waals surface area contributed by atoms with Crippen molar-refractivity contribution >= 4 is 11.7 Å². The van der Waals surface area contributed by atoms with Crippen LogP contribution in [-0.4, -0.2) is 23.5 Å². The minimum Gasteiger partial charge on any atom is -0.409 e. The van der Waals surface area contributed by atoms with E-state index in [2.05, 4.69) is 24.3 Å². The highest BCUT2D eigenvalue weighted by atomic mass is 16.4. The van der Waals surface area contributed by atoms with E-state index in [1.165, 1.54) is 32.1 Å². The second-order valence-corrected chi connectivity index (χ2v) is 7.09. The van der Waals surface area contributed by atoms with E-state index in [1.54, 1.807) is 0 Å². The number of hydrogen-bond donors (Lipinski definition) is 3. The summed E-state index contributed by atoms with van der Waals surface area (Å²) in [6, 6.07) is 0. The summed E-state index contributed by atoms with van der Waals surface area (Å²) in [5, 5.41) is 15.1. The molecule has 2 aliphatic rings. The molecule has 0 spiro atoms. The molecule has 0 aliphatic heterocycles. The van der Waals surface area contributed by atoms with E-state index in [0.717, 1.165) is 12.5 Å². The van der Waals surface area contributed by atoms with Gasteiger partial charge in [0.2, 0.25) is 5.91 Å². The molecule has 0 saturated heterocycles. The average molecular weight is 295 g/mol.